The highest BCUT2D eigenvalue weighted by atomic mass is 32.1. The number of rotatable bonds is 5. The van der Waals surface area contributed by atoms with E-state index >= 15 is 0 Å². The fourth-order valence-electron chi connectivity index (χ4n) is 2.43. The van der Waals surface area contributed by atoms with Crippen molar-refractivity contribution in [1.29, 1.82) is 0 Å². The predicted molar refractivity (Wildman–Crippen MR) is 95.8 cm³/mol. The Morgan fingerprint density at radius 2 is 1.79 bits per heavy atom. The van der Waals surface area contributed by atoms with Crippen LogP contribution in [0.3, 0.4) is 0 Å². The van der Waals surface area contributed by atoms with Crippen LogP contribution < -0.4 is 5.32 Å². The van der Waals surface area contributed by atoms with E-state index in [2.05, 4.69) is 11.4 Å². The molecule has 1 N–H and O–H groups in total. The van der Waals surface area contributed by atoms with Crippen molar-refractivity contribution < 1.29 is 19.1 Å². The first kappa shape index (κ1) is 18.0. The third-order valence-electron chi connectivity index (χ3n) is 3.43. The monoisotopic (exact) mass is 347 g/mol. The fraction of sp³-hybridized carbons (Fsp3) is 0.333. The largest absolute Gasteiger partial charge is 0.462 e. The smallest absolute Gasteiger partial charge is 0.412 e. The van der Waals surface area contributed by atoms with Crippen LogP contribution in [0.5, 0.6) is 0 Å². The van der Waals surface area contributed by atoms with Crippen LogP contribution in [0.4, 0.5) is 9.80 Å². The molecular formula is C18H21NO4S. The molecule has 5 nitrogen and oxygen atoms in total. The molecule has 0 spiro atoms. The number of amides is 1. The predicted octanol–water partition coefficient (Wildman–Crippen LogP) is 4.78. The Kier molecular flexibility index (Phi) is 5.98. The average molecular weight is 347 g/mol. The highest BCUT2D eigenvalue weighted by Gasteiger charge is 2.23. The maximum atomic E-state index is 12.4. The highest BCUT2D eigenvalue weighted by molar-refractivity contribution is 7.15. The molecule has 0 saturated carbocycles. The minimum Gasteiger partial charge on any atom is -0.462 e. The zero-order chi connectivity index (χ0) is 17.7. The van der Waals surface area contributed by atoms with Gasteiger partial charge in [0.15, 0.2) is 0 Å². The number of ether oxygens (including phenoxy) is 2. The Morgan fingerprint density at radius 1 is 1.08 bits per heavy atom. The summed E-state index contributed by atoms with van der Waals surface area (Å²) in [5.74, 6) is -0.458. The Hall–Kier alpha value is -2.34. The lowest BCUT2D eigenvalue weighted by atomic mass is 9.98. The van der Waals surface area contributed by atoms with Crippen molar-refractivity contribution in [2.24, 2.45) is 0 Å². The van der Waals surface area contributed by atoms with Gasteiger partial charge in [-0.1, -0.05) is 23.8 Å². The minimum atomic E-state index is -0.586. The summed E-state index contributed by atoms with van der Waals surface area (Å²) in [6.07, 6.45) is -0.586. The second-order valence-corrected chi connectivity index (χ2v) is 6.12. The van der Waals surface area contributed by atoms with Crippen LogP contribution in [-0.2, 0) is 9.47 Å². The molecule has 24 heavy (non-hydrogen) atoms. The normalized spacial score (nSPS) is 10.3. The standard InChI is InChI=1S/C18H21NO4S/c1-5-22-17(20)15-14(13-8-7-11(3)9-12(13)4)10-24-16(15)19-18(21)23-6-2/h7-10H,5-6H2,1-4H3,(H,19,21). The molecule has 1 aromatic heterocycles. The quantitative estimate of drug-likeness (QED) is 0.791. The Labute approximate surface area is 145 Å². The second kappa shape index (κ2) is 7.97. The summed E-state index contributed by atoms with van der Waals surface area (Å²) in [4.78, 5) is 24.2. The molecule has 0 atom stereocenters. The number of hydrogen-bond acceptors (Lipinski definition) is 5. The van der Waals surface area contributed by atoms with E-state index in [9.17, 15) is 9.59 Å². The Balaban J connectivity index is 2.49. The summed E-state index contributed by atoms with van der Waals surface area (Å²) < 4.78 is 10.1. The Morgan fingerprint density at radius 3 is 2.42 bits per heavy atom. The van der Waals surface area contributed by atoms with Gasteiger partial charge in [0, 0.05) is 10.9 Å². The van der Waals surface area contributed by atoms with Crippen molar-refractivity contribution in [2.75, 3.05) is 18.5 Å². The molecule has 6 heteroatoms. The van der Waals surface area contributed by atoms with Gasteiger partial charge in [0.05, 0.1) is 13.2 Å². The molecule has 2 aromatic rings. The summed E-state index contributed by atoms with van der Waals surface area (Å²) in [7, 11) is 0. The lowest BCUT2D eigenvalue weighted by Gasteiger charge is -2.10. The molecule has 2 rings (SSSR count). The number of benzene rings is 1. The molecular weight excluding hydrogens is 326 g/mol. The molecule has 0 fully saturated rings. The highest BCUT2D eigenvalue weighted by Crippen LogP contribution is 2.37. The SMILES string of the molecule is CCOC(=O)Nc1scc(-c2ccc(C)cc2C)c1C(=O)OCC. The molecule has 0 radical (unpaired) electrons. The lowest BCUT2D eigenvalue weighted by Crippen LogP contribution is -2.15. The van der Waals surface area contributed by atoms with E-state index in [0.717, 1.165) is 22.3 Å². The number of hydrogen-bond donors (Lipinski definition) is 1. The van der Waals surface area contributed by atoms with Crippen LogP contribution in [0.25, 0.3) is 11.1 Å². The van der Waals surface area contributed by atoms with Crippen molar-refractivity contribution in [3.05, 3.63) is 40.3 Å². The third-order valence-corrected chi connectivity index (χ3v) is 4.33. The van der Waals surface area contributed by atoms with E-state index in [0.29, 0.717) is 10.6 Å². The molecule has 0 aliphatic carbocycles. The van der Waals surface area contributed by atoms with Gasteiger partial charge in [-0.05, 0) is 38.8 Å². The van der Waals surface area contributed by atoms with E-state index in [-0.39, 0.29) is 13.2 Å². The van der Waals surface area contributed by atoms with Crippen molar-refractivity contribution in [2.45, 2.75) is 27.7 Å². The molecule has 0 aliphatic rings. The number of anilines is 1. The van der Waals surface area contributed by atoms with Gasteiger partial charge < -0.3 is 9.47 Å². The van der Waals surface area contributed by atoms with Gasteiger partial charge in [0.25, 0.3) is 0 Å². The van der Waals surface area contributed by atoms with Gasteiger partial charge in [0.1, 0.15) is 10.6 Å². The van der Waals surface area contributed by atoms with Crippen LogP contribution in [0.2, 0.25) is 0 Å². The van der Waals surface area contributed by atoms with E-state index in [1.165, 1.54) is 11.3 Å². The zero-order valence-electron chi connectivity index (χ0n) is 14.3. The summed E-state index contributed by atoms with van der Waals surface area (Å²) in [5, 5.41) is 4.91. The second-order valence-electron chi connectivity index (χ2n) is 5.24. The lowest BCUT2D eigenvalue weighted by molar-refractivity contribution is 0.0529. The summed E-state index contributed by atoms with van der Waals surface area (Å²) in [6.45, 7) is 8.01. The number of thiophene rings is 1. The van der Waals surface area contributed by atoms with Crippen LogP contribution >= 0.6 is 11.3 Å². The number of carbonyl (C=O) groups is 2. The van der Waals surface area contributed by atoms with E-state index in [4.69, 9.17) is 9.47 Å². The third kappa shape index (κ3) is 3.94. The first-order valence-corrected chi connectivity index (χ1v) is 8.65. The molecule has 128 valence electrons. The Bertz CT molecular complexity index is 751. The minimum absolute atomic E-state index is 0.260. The molecule has 1 heterocycles. The topological polar surface area (TPSA) is 64.6 Å². The number of aryl methyl sites for hydroxylation is 2. The van der Waals surface area contributed by atoms with Crippen LogP contribution in [-0.4, -0.2) is 25.3 Å². The van der Waals surface area contributed by atoms with Crippen LogP contribution in [0, 0.1) is 13.8 Å². The summed E-state index contributed by atoms with van der Waals surface area (Å²) in [6, 6.07) is 6.03. The van der Waals surface area contributed by atoms with Crippen molar-refractivity contribution in [3.8, 4) is 11.1 Å². The summed E-state index contributed by atoms with van der Waals surface area (Å²) >= 11 is 1.28. The molecule has 1 aromatic carbocycles. The maximum Gasteiger partial charge on any atom is 0.412 e. The fourth-order valence-corrected chi connectivity index (χ4v) is 3.36. The van der Waals surface area contributed by atoms with Gasteiger partial charge in [-0.15, -0.1) is 11.3 Å². The van der Waals surface area contributed by atoms with Gasteiger partial charge in [-0.2, -0.15) is 0 Å². The van der Waals surface area contributed by atoms with Crippen molar-refractivity contribution in [1.82, 2.24) is 0 Å². The molecule has 0 bridgehead atoms. The maximum absolute atomic E-state index is 12.4. The van der Waals surface area contributed by atoms with Crippen molar-refractivity contribution >= 4 is 28.4 Å². The van der Waals surface area contributed by atoms with Crippen molar-refractivity contribution in [3.63, 3.8) is 0 Å². The molecule has 0 aliphatic heterocycles. The number of carbonyl (C=O) groups excluding carboxylic acids is 2. The van der Waals surface area contributed by atoms with Gasteiger partial charge in [-0.3, -0.25) is 5.32 Å². The van der Waals surface area contributed by atoms with E-state index in [1.807, 2.05) is 31.4 Å². The number of esters is 1. The zero-order valence-corrected chi connectivity index (χ0v) is 15.1. The van der Waals surface area contributed by atoms with E-state index < -0.39 is 12.1 Å². The average Bonchev–Trinajstić information content (AvgIpc) is 2.91. The van der Waals surface area contributed by atoms with Crippen LogP contribution in [0.1, 0.15) is 35.3 Å². The summed E-state index contributed by atoms with van der Waals surface area (Å²) in [5.41, 5.74) is 4.26. The molecule has 0 saturated heterocycles. The van der Waals surface area contributed by atoms with Crippen LogP contribution in [0.15, 0.2) is 23.6 Å². The van der Waals surface area contributed by atoms with E-state index in [1.54, 1.807) is 13.8 Å². The van der Waals surface area contributed by atoms with Gasteiger partial charge >= 0.3 is 12.1 Å². The molecule has 1 amide bonds. The first-order valence-electron chi connectivity index (χ1n) is 7.77. The first-order chi connectivity index (χ1) is 11.5. The van der Waals surface area contributed by atoms with Gasteiger partial charge in [0.2, 0.25) is 0 Å². The number of nitrogens with one attached hydrogen (secondary N) is 1. The molecule has 0 unspecified atom stereocenters. The van der Waals surface area contributed by atoms with Gasteiger partial charge in [-0.25, -0.2) is 9.59 Å².